The number of rotatable bonds is 2. The maximum Gasteiger partial charge on any atom is 0.150 e. The SMILES string of the molecule is Cc1cc(-c2ccc(C=O)cc2)c(C)cc1Br. The van der Waals surface area contributed by atoms with Gasteiger partial charge in [0.05, 0.1) is 0 Å². The smallest absolute Gasteiger partial charge is 0.150 e. The standard InChI is InChI=1S/C15H13BrO/c1-10-8-15(16)11(2)7-14(10)13-5-3-12(9-17)4-6-13/h3-9H,1-2H3. The highest BCUT2D eigenvalue weighted by Gasteiger charge is 2.05. The number of halogens is 1. The van der Waals surface area contributed by atoms with Crippen molar-refractivity contribution in [1.29, 1.82) is 0 Å². The van der Waals surface area contributed by atoms with Crippen LogP contribution in [0.4, 0.5) is 0 Å². The highest BCUT2D eigenvalue weighted by molar-refractivity contribution is 9.10. The van der Waals surface area contributed by atoms with Crippen LogP contribution in [0.15, 0.2) is 40.9 Å². The van der Waals surface area contributed by atoms with E-state index in [4.69, 9.17) is 0 Å². The minimum absolute atomic E-state index is 0.709. The summed E-state index contributed by atoms with van der Waals surface area (Å²) in [4.78, 5) is 10.6. The maximum absolute atomic E-state index is 10.6. The first-order chi connectivity index (χ1) is 8.11. The predicted octanol–water partition coefficient (Wildman–Crippen LogP) is 4.55. The summed E-state index contributed by atoms with van der Waals surface area (Å²) in [6.07, 6.45) is 0.865. The molecule has 2 aromatic carbocycles. The summed E-state index contributed by atoms with van der Waals surface area (Å²) in [6.45, 7) is 4.17. The molecule has 0 saturated carbocycles. The number of aldehydes is 1. The Morgan fingerprint density at radius 2 is 1.65 bits per heavy atom. The van der Waals surface area contributed by atoms with E-state index in [-0.39, 0.29) is 0 Å². The average molecular weight is 289 g/mol. The molecule has 2 aromatic rings. The number of benzene rings is 2. The number of aryl methyl sites for hydroxylation is 2. The lowest BCUT2D eigenvalue weighted by atomic mass is 9.98. The van der Waals surface area contributed by atoms with Crippen molar-refractivity contribution in [3.8, 4) is 11.1 Å². The molecule has 0 aromatic heterocycles. The molecule has 0 spiro atoms. The lowest BCUT2D eigenvalue weighted by molar-refractivity contribution is 0.112. The van der Waals surface area contributed by atoms with Crippen LogP contribution in [0.3, 0.4) is 0 Å². The van der Waals surface area contributed by atoms with E-state index in [0.29, 0.717) is 5.56 Å². The molecule has 17 heavy (non-hydrogen) atoms. The van der Waals surface area contributed by atoms with Gasteiger partial charge >= 0.3 is 0 Å². The molecule has 1 nitrogen and oxygen atoms in total. The number of carbonyl (C=O) groups excluding carboxylic acids is 1. The predicted molar refractivity (Wildman–Crippen MR) is 74.4 cm³/mol. The van der Waals surface area contributed by atoms with Crippen LogP contribution < -0.4 is 0 Å². The Kier molecular flexibility index (Phi) is 3.43. The third-order valence-corrected chi connectivity index (χ3v) is 3.72. The van der Waals surface area contributed by atoms with E-state index in [9.17, 15) is 4.79 Å². The summed E-state index contributed by atoms with van der Waals surface area (Å²) < 4.78 is 1.13. The highest BCUT2D eigenvalue weighted by Crippen LogP contribution is 2.28. The van der Waals surface area contributed by atoms with Gasteiger partial charge in [-0.25, -0.2) is 0 Å². The quantitative estimate of drug-likeness (QED) is 0.741. The van der Waals surface area contributed by atoms with Crippen LogP contribution in [-0.4, -0.2) is 6.29 Å². The summed E-state index contributed by atoms with van der Waals surface area (Å²) >= 11 is 3.53. The fourth-order valence-corrected chi connectivity index (χ4v) is 2.29. The zero-order valence-corrected chi connectivity index (χ0v) is 11.4. The van der Waals surface area contributed by atoms with Crippen molar-refractivity contribution >= 4 is 22.2 Å². The molecule has 0 unspecified atom stereocenters. The average Bonchev–Trinajstić information content (AvgIpc) is 2.34. The first-order valence-electron chi connectivity index (χ1n) is 5.44. The Morgan fingerprint density at radius 1 is 1.00 bits per heavy atom. The van der Waals surface area contributed by atoms with Crippen molar-refractivity contribution in [3.05, 3.63) is 57.6 Å². The van der Waals surface area contributed by atoms with Gasteiger partial charge in [0.25, 0.3) is 0 Å². The lowest BCUT2D eigenvalue weighted by Gasteiger charge is -2.09. The van der Waals surface area contributed by atoms with Gasteiger partial charge in [-0.15, -0.1) is 0 Å². The van der Waals surface area contributed by atoms with Crippen molar-refractivity contribution in [2.75, 3.05) is 0 Å². The lowest BCUT2D eigenvalue weighted by Crippen LogP contribution is -1.87. The van der Waals surface area contributed by atoms with Gasteiger partial charge in [-0.05, 0) is 42.2 Å². The monoisotopic (exact) mass is 288 g/mol. The number of carbonyl (C=O) groups is 1. The number of hydrogen-bond donors (Lipinski definition) is 0. The van der Waals surface area contributed by atoms with Crippen LogP contribution in [0.25, 0.3) is 11.1 Å². The summed E-state index contributed by atoms with van der Waals surface area (Å²) in [7, 11) is 0. The molecule has 0 heterocycles. The summed E-state index contributed by atoms with van der Waals surface area (Å²) in [5, 5.41) is 0. The first kappa shape index (κ1) is 12.1. The van der Waals surface area contributed by atoms with Crippen LogP contribution in [0, 0.1) is 13.8 Å². The summed E-state index contributed by atoms with van der Waals surface area (Å²) in [5.41, 5.74) is 5.50. The molecule has 0 N–H and O–H groups in total. The van der Waals surface area contributed by atoms with Gasteiger partial charge in [0, 0.05) is 10.0 Å². The summed E-state index contributed by atoms with van der Waals surface area (Å²) in [5.74, 6) is 0. The molecular weight excluding hydrogens is 276 g/mol. The molecule has 0 aliphatic carbocycles. The molecule has 0 aliphatic rings. The molecular formula is C15H13BrO. The van der Waals surface area contributed by atoms with Crippen molar-refractivity contribution in [1.82, 2.24) is 0 Å². The van der Waals surface area contributed by atoms with Crippen molar-refractivity contribution in [2.24, 2.45) is 0 Å². The molecule has 0 bridgehead atoms. The Balaban J connectivity index is 2.52. The summed E-state index contributed by atoms with van der Waals surface area (Å²) in [6, 6.07) is 11.9. The highest BCUT2D eigenvalue weighted by atomic mass is 79.9. The molecule has 0 fully saturated rings. The van der Waals surface area contributed by atoms with E-state index in [2.05, 4.69) is 41.9 Å². The molecule has 0 amide bonds. The molecule has 0 radical (unpaired) electrons. The second-order valence-electron chi connectivity index (χ2n) is 4.16. The van der Waals surface area contributed by atoms with Crippen molar-refractivity contribution in [3.63, 3.8) is 0 Å². The van der Waals surface area contributed by atoms with Crippen LogP contribution >= 0.6 is 15.9 Å². The minimum Gasteiger partial charge on any atom is -0.298 e. The van der Waals surface area contributed by atoms with E-state index in [0.717, 1.165) is 16.3 Å². The third kappa shape index (κ3) is 2.47. The van der Waals surface area contributed by atoms with E-state index in [1.807, 2.05) is 24.3 Å². The van der Waals surface area contributed by atoms with E-state index >= 15 is 0 Å². The maximum atomic E-state index is 10.6. The van der Waals surface area contributed by atoms with E-state index < -0.39 is 0 Å². The second kappa shape index (κ2) is 4.84. The van der Waals surface area contributed by atoms with Gasteiger partial charge in [-0.3, -0.25) is 4.79 Å². The fourth-order valence-electron chi connectivity index (χ4n) is 1.83. The van der Waals surface area contributed by atoms with Gasteiger partial charge in [0.1, 0.15) is 6.29 Å². The first-order valence-corrected chi connectivity index (χ1v) is 6.23. The van der Waals surface area contributed by atoms with Gasteiger partial charge in [-0.1, -0.05) is 46.3 Å². The van der Waals surface area contributed by atoms with E-state index in [1.165, 1.54) is 16.7 Å². The Labute approximate surface area is 110 Å². The van der Waals surface area contributed by atoms with Gasteiger partial charge in [0.15, 0.2) is 0 Å². The largest absolute Gasteiger partial charge is 0.298 e. The molecule has 2 heteroatoms. The zero-order valence-electron chi connectivity index (χ0n) is 9.83. The second-order valence-corrected chi connectivity index (χ2v) is 5.01. The Hall–Kier alpha value is -1.41. The van der Waals surface area contributed by atoms with Crippen LogP contribution in [-0.2, 0) is 0 Å². The van der Waals surface area contributed by atoms with Gasteiger partial charge < -0.3 is 0 Å². The van der Waals surface area contributed by atoms with Crippen LogP contribution in [0.5, 0.6) is 0 Å². The molecule has 0 saturated heterocycles. The van der Waals surface area contributed by atoms with Crippen molar-refractivity contribution in [2.45, 2.75) is 13.8 Å². The van der Waals surface area contributed by atoms with Crippen LogP contribution in [0.2, 0.25) is 0 Å². The zero-order chi connectivity index (χ0) is 12.4. The van der Waals surface area contributed by atoms with Gasteiger partial charge in [0.2, 0.25) is 0 Å². The molecule has 0 atom stereocenters. The third-order valence-electron chi connectivity index (χ3n) is 2.86. The van der Waals surface area contributed by atoms with Crippen LogP contribution in [0.1, 0.15) is 21.5 Å². The minimum atomic E-state index is 0.709. The molecule has 2 rings (SSSR count). The Morgan fingerprint density at radius 3 is 2.24 bits per heavy atom. The van der Waals surface area contributed by atoms with Crippen molar-refractivity contribution < 1.29 is 4.79 Å². The number of hydrogen-bond acceptors (Lipinski definition) is 1. The molecule has 0 aliphatic heterocycles. The molecule has 86 valence electrons. The van der Waals surface area contributed by atoms with Gasteiger partial charge in [-0.2, -0.15) is 0 Å². The Bertz CT molecular complexity index is 556. The normalized spacial score (nSPS) is 10.3. The topological polar surface area (TPSA) is 17.1 Å². The van der Waals surface area contributed by atoms with E-state index in [1.54, 1.807) is 0 Å². The fraction of sp³-hybridized carbons (Fsp3) is 0.133.